The number of hydrogen-bond donors (Lipinski definition) is 1. The summed E-state index contributed by atoms with van der Waals surface area (Å²) in [7, 11) is 1.23. The highest BCUT2D eigenvalue weighted by atomic mass is 35.5. The number of thiocarbonyl (C=S) groups is 1. The number of anilines is 1. The van der Waals surface area contributed by atoms with Crippen LogP contribution in [0.15, 0.2) is 47.5 Å². The molecule has 10 heteroatoms. The number of aliphatic imine (C=N–C) groups is 1. The summed E-state index contributed by atoms with van der Waals surface area (Å²) in [5, 5.41) is 3.14. The lowest BCUT2D eigenvalue weighted by atomic mass is 10.1. The van der Waals surface area contributed by atoms with Gasteiger partial charge in [0.05, 0.1) is 29.1 Å². The number of carbonyl (C=O) groups is 3. The van der Waals surface area contributed by atoms with Gasteiger partial charge in [-0.15, -0.1) is 0 Å². The molecule has 0 saturated carbocycles. The fourth-order valence-electron chi connectivity index (χ4n) is 2.58. The van der Waals surface area contributed by atoms with E-state index in [0.29, 0.717) is 16.4 Å². The molecule has 2 aromatic carbocycles. The molecule has 1 aliphatic rings. The summed E-state index contributed by atoms with van der Waals surface area (Å²) in [4.78, 5) is 42.3. The molecule has 0 unspecified atom stereocenters. The standard InChI is InChI=1S/C19H13Cl2N3O4S/c1-28-18(27)13-8-11(4-7-15(13)21)22-9-14-16(25)23-19(29)24(17(14)26)12-5-2-10(20)3-6-12/h2-9,14H,1H3,(H,23,25,29)/t14-/m0/s1. The number of hydrogen-bond acceptors (Lipinski definition) is 6. The van der Waals surface area contributed by atoms with Crippen molar-refractivity contribution in [3.63, 3.8) is 0 Å². The van der Waals surface area contributed by atoms with Crippen molar-refractivity contribution in [2.45, 2.75) is 0 Å². The monoisotopic (exact) mass is 449 g/mol. The van der Waals surface area contributed by atoms with Crippen molar-refractivity contribution in [3.8, 4) is 0 Å². The molecule has 1 heterocycles. The quantitative estimate of drug-likeness (QED) is 0.333. The number of ether oxygens (including phenoxy) is 1. The van der Waals surface area contributed by atoms with Gasteiger partial charge in [-0.25, -0.2) is 4.79 Å². The van der Waals surface area contributed by atoms with Gasteiger partial charge in [0.15, 0.2) is 11.0 Å². The third-order valence-corrected chi connectivity index (χ3v) is 4.88. The van der Waals surface area contributed by atoms with Gasteiger partial charge in [0, 0.05) is 11.2 Å². The van der Waals surface area contributed by atoms with Crippen LogP contribution < -0.4 is 10.2 Å². The largest absolute Gasteiger partial charge is 0.465 e. The maximum Gasteiger partial charge on any atom is 0.339 e. The van der Waals surface area contributed by atoms with Gasteiger partial charge in [0.1, 0.15) is 0 Å². The molecule has 1 N–H and O–H groups in total. The number of carbonyl (C=O) groups excluding carboxylic acids is 3. The zero-order valence-corrected chi connectivity index (χ0v) is 17.2. The van der Waals surface area contributed by atoms with Crippen molar-refractivity contribution in [1.29, 1.82) is 0 Å². The molecule has 0 spiro atoms. The average molecular weight is 450 g/mol. The van der Waals surface area contributed by atoms with Crippen LogP contribution in [0.25, 0.3) is 0 Å². The molecule has 3 rings (SSSR count). The van der Waals surface area contributed by atoms with Crippen molar-refractivity contribution < 1.29 is 19.1 Å². The molecule has 29 heavy (non-hydrogen) atoms. The molecule has 1 aliphatic heterocycles. The summed E-state index contributed by atoms with van der Waals surface area (Å²) >= 11 is 17.0. The van der Waals surface area contributed by atoms with Crippen LogP contribution in [0.5, 0.6) is 0 Å². The lowest BCUT2D eigenvalue weighted by molar-refractivity contribution is -0.130. The van der Waals surface area contributed by atoms with E-state index in [-0.39, 0.29) is 15.7 Å². The first-order valence-electron chi connectivity index (χ1n) is 8.18. The van der Waals surface area contributed by atoms with Crippen molar-refractivity contribution in [2.24, 2.45) is 10.9 Å². The zero-order valence-electron chi connectivity index (χ0n) is 14.9. The number of halogens is 2. The minimum atomic E-state index is -1.21. The predicted octanol–water partition coefficient (Wildman–Crippen LogP) is 3.55. The van der Waals surface area contributed by atoms with E-state index in [2.05, 4.69) is 15.0 Å². The summed E-state index contributed by atoms with van der Waals surface area (Å²) < 4.78 is 4.66. The van der Waals surface area contributed by atoms with Gasteiger partial charge in [0.2, 0.25) is 5.91 Å². The molecule has 0 radical (unpaired) electrons. The van der Waals surface area contributed by atoms with Gasteiger partial charge in [-0.3, -0.25) is 19.5 Å². The van der Waals surface area contributed by atoms with Crippen LogP contribution >= 0.6 is 35.4 Å². The molecular weight excluding hydrogens is 437 g/mol. The Hall–Kier alpha value is -2.81. The molecule has 0 bridgehead atoms. The van der Waals surface area contributed by atoms with Gasteiger partial charge >= 0.3 is 5.97 Å². The Morgan fingerprint density at radius 2 is 1.90 bits per heavy atom. The topological polar surface area (TPSA) is 88.1 Å². The first-order chi connectivity index (χ1) is 13.8. The molecular formula is C19H13Cl2N3O4S. The van der Waals surface area contributed by atoms with Gasteiger partial charge in [-0.2, -0.15) is 0 Å². The van der Waals surface area contributed by atoms with E-state index in [0.717, 1.165) is 0 Å². The van der Waals surface area contributed by atoms with Crippen LogP contribution in [0.3, 0.4) is 0 Å². The highest BCUT2D eigenvalue weighted by Gasteiger charge is 2.38. The van der Waals surface area contributed by atoms with Crippen LogP contribution in [0.4, 0.5) is 11.4 Å². The van der Waals surface area contributed by atoms with E-state index in [1.54, 1.807) is 24.3 Å². The van der Waals surface area contributed by atoms with E-state index in [1.807, 2.05) is 0 Å². The number of esters is 1. The van der Waals surface area contributed by atoms with E-state index >= 15 is 0 Å². The summed E-state index contributed by atoms with van der Waals surface area (Å²) in [6, 6.07) is 10.8. The second-order valence-electron chi connectivity index (χ2n) is 5.86. The van der Waals surface area contributed by atoms with Crippen molar-refractivity contribution in [2.75, 3.05) is 12.0 Å². The third kappa shape index (κ3) is 4.45. The second kappa shape index (κ2) is 8.69. The van der Waals surface area contributed by atoms with E-state index in [4.69, 9.17) is 35.4 Å². The van der Waals surface area contributed by atoms with E-state index < -0.39 is 23.7 Å². The predicted molar refractivity (Wildman–Crippen MR) is 114 cm³/mol. The normalized spacial score (nSPS) is 16.9. The fourth-order valence-corrected chi connectivity index (χ4v) is 3.19. The summed E-state index contributed by atoms with van der Waals surface area (Å²) in [5.41, 5.74) is 0.899. The number of amides is 2. The molecule has 0 aliphatic carbocycles. The Balaban J connectivity index is 1.89. The molecule has 0 aromatic heterocycles. The highest BCUT2D eigenvalue weighted by Crippen LogP contribution is 2.25. The number of rotatable bonds is 4. The second-order valence-corrected chi connectivity index (χ2v) is 7.09. The SMILES string of the molecule is COC(=O)c1cc(N=C[C@H]2C(=O)NC(=S)N(c3ccc(Cl)cc3)C2=O)ccc1Cl. The fraction of sp³-hybridized carbons (Fsp3) is 0.105. The Morgan fingerprint density at radius 3 is 2.55 bits per heavy atom. The number of nitrogens with zero attached hydrogens (tertiary/aromatic N) is 2. The maximum absolute atomic E-state index is 12.9. The van der Waals surface area contributed by atoms with Crippen molar-refractivity contribution >= 4 is 75.9 Å². The van der Waals surface area contributed by atoms with Gasteiger partial charge in [0.25, 0.3) is 5.91 Å². The molecule has 148 valence electrons. The molecule has 7 nitrogen and oxygen atoms in total. The van der Waals surface area contributed by atoms with Crippen LogP contribution in [0, 0.1) is 5.92 Å². The minimum absolute atomic E-state index is 0.0357. The number of benzene rings is 2. The lowest BCUT2D eigenvalue weighted by Gasteiger charge is -2.30. The number of nitrogens with one attached hydrogen (secondary N) is 1. The van der Waals surface area contributed by atoms with Crippen molar-refractivity contribution in [3.05, 3.63) is 58.1 Å². The first kappa shape index (κ1) is 20.9. The van der Waals surface area contributed by atoms with Crippen LogP contribution in [-0.4, -0.2) is 36.2 Å². The maximum atomic E-state index is 12.9. The molecule has 1 saturated heterocycles. The zero-order chi connectivity index (χ0) is 21.1. The Bertz CT molecular complexity index is 1040. The van der Waals surface area contributed by atoms with Gasteiger partial charge in [-0.1, -0.05) is 23.2 Å². The Labute approximate surface area is 181 Å². The first-order valence-corrected chi connectivity index (χ1v) is 9.34. The number of methoxy groups -OCH3 is 1. The lowest BCUT2D eigenvalue weighted by Crippen LogP contribution is -2.58. The highest BCUT2D eigenvalue weighted by molar-refractivity contribution is 7.80. The van der Waals surface area contributed by atoms with Gasteiger partial charge < -0.3 is 10.1 Å². The molecule has 1 fully saturated rings. The van der Waals surface area contributed by atoms with E-state index in [9.17, 15) is 14.4 Å². The molecule has 2 aromatic rings. The van der Waals surface area contributed by atoms with E-state index in [1.165, 1.54) is 36.4 Å². The van der Waals surface area contributed by atoms with Crippen LogP contribution in [0.1, 0.15) is 10.4 Å². The summed E-state index contributed by atoms with van der Waals surface area (Å²) in [6.07, 6.45) is 1.19. The average Bonchev–Trinajstić information content (AvgIpc) is 2.69. The summed E-state index contributed by atoms with van der Waals surface area (Å²) in [6.45, 7) is 0. The van der Waals surface area contributed by atoms with Crippen molar-refractivity contribution in [1.82, 2.24) is 5.32 Å². The summed E-state index contributed by atoms with van der Waals surface area (Å²) in [5.74, 6) is -3.00. The molecule has 2 amide bonds. The van der Waals surface area contributed by atoms with Gasteiger partial charge in [-0.05, 0) is 54.7 Å². The molecule has 1 atom stereocenters. The Morgan fingerprint density at radius 1 is 1.21 bits per heavy atom. The third-order valence-electron chi connectivity index (χ3n) is 4.01. The smallest absolute Gasteiger partial charge is 0.339 e. The van der Waals surface area contributed by atoms with Crippen LogP contribution in [0.2, 0.25) is 10.0 Å². The minimum Gasteiger partial charge on any atom is -0.465 e. The Kier molecular flexibility index (Phi) is 6.26. The van der Waals surface area contributed by atoms with Crippen LogP contribution in [-0.2, 0) is 14.3 Å².